The van der Waals surface area contributed by atoms with E-state index in [4.69, 9.17) is 16.3 Å². The van der Waals surface area contributed by atoms with Crippen LogP contribution in [0.1, 0.15) is 6.92 Å². The fourth-order valence-electron chi connectivity index (χ4n) is 1.41. The van der Waals surface area contributed by atoms with Gasteiger partial charge in [0.2, 0.25) is 0 Å². The molecule has 1 aromatic rings. The highest BCUT2D eigenvalue weighted by Crippen LogP contribution is 2.34. The lowest BCUT2D eigenvalue weighted by Crippen LogP contribution is -2.32. The first kappa shape index (κ1) is 8.56. The third-order valence-corrected chi connectivity index (χ3v) is 2.32. The van der Waals surface area contributed by atoms with E-state index in [1.54, 1.807) is 6.20 Å². The van der Waals surface area contributed by atoms with Gasteiger partial charge in [0.05, 0.1) is 12.7 Å². The summed E-state index contributed by atoms with van der Waals surface area (Å²) in [5.41, 5.74) is 0.939. The predicted octanol–water partition coefficient (Wildman–Crippen LogP) is 1.35. The van der Waals surface area contributed by atoms with E-state index >= 15 is 0 Å². The van der Waals surface area contributed by atoms with Crippen molar-refractivity contribution < 1.29 is 4.74 Å². The van der Waals surface area contributed by atoms with Crippen molar-refractivity contribution in [2.45, 2.75) is 6.92 Å². The van der Waals surface area contributed by atoms with Crippen LogP contribution in [0.3, 0.4) is 0 Å². The van der Waals surface area contributed by atoms with Crippen molar-refractivity contribution in [3.63, 3.8) is 0 Å². The third-order valence-electron chi connectivity index (χ3n) is 2.08. The van der Waals surface area contributed by atoms with Crippen molar-refractivity contribution in [2.75, 3.05) is 24.6 Å². The van der Waals surface area contributed by atoms with Gasteiger partial charge < -0.3 is 9.64 Å². The normalized spacial score (nSPS) is 15.1. The van der Waals surface area contributed by atoms with Gasteiger partial charge in [-0.3, -0.25) is 0 Å². The molecule has 4 nitrogen and oxygen atoms in total. The van der Waals surface area contributed by atoms with E-state index in [0.717, 1.165) is 18.8 Å². The molecule has 1 aliphatic heterocycles. The average Bonchev–Trinajstić information content (AvgIpc) is 2.18. The summed E-state index contributed by atoms with van der Waals surface area (Å²) in [5.74, 6) is 0.657. The number of hydrogen-bond donors (Lipinski definition) is 0. The molecule has 0 unspecified atom stereocenters. The monoisotopic (exact) mass is 199 g/mol. The van der Waals surface area contributed by atoms with Crippen LogP contribution < -0.4 is 9.64 Å². The Kier molecular flexibility index (Phi) is 2.22. The van der Waals surface area contributed by atoms with Crippen LogP contribution in [0.4, 0.5) is 5.69 Å². The van der Waals surface area contributed by atoms with Crippen LogP contribution in [0.5, 0.6) is 5.75 Å². The van der Waals surface area contributed by atoms with Crippen molar-refractivity contribution in [3.05, 3.63) is 11.3 Å². The Balaban J connectivity index is 2.45. The molecule has 0 bridgehead atoms. The molecular formula is C8H10ClN3O. The van der Waals surface area contributed by atoms with Gasteiger partial charge in [0.1, 0.15) is 12.3 Å². The first-order valence-corrected chi connectivity index (χ1v) is 4.59. The van der Waals surface area contributed by atoms with Crippen molar-refractivity contribution in [1.29, 1.82) is 0 Å². The Labute approximate surface area is 81.5 Å². The molecule has 2 rings (SSSR count). The highest BCUT2D eigenvalue weighted by molar-refractivity contribution is 6.31. The van der Waals surface area contributed by atoms with Crippen molar-refractivity contribution in [2.24, 2.45) is 0 Å². The standard InChI is InChI=1S/C8H10ClN3O/c1-2-12-3-4-13-7-6(12)5-10-11-8(7)9/h5H,2-4H2,1H3. The Bertz CT molecular complexity index is 318. The van der Waals surface area contributed by atoms with Gasteiger partial charge in [0.25, 0.3) is 0 Å². The van der Waals surface area contributed by atoms with Gasteiger partial charge in [-0.25, -0.2) is 0 Å². The minimum absolute atomic E-state index is 0.343. The zero-order valence-electron chi connectivity index (χ0n) is 7.33. The van der Waals surface area contributed by atoms with E-state index in [9.17, 15) is 0 Å². The summed E-state index contributed by atoms with van der Waals surface area (Å²) in [6.45, 7) is 4.56. The average molecular weight is 200 g/mol. The molecule has 0 atom stereocenters. The number of nitrogens with zero attached hydrogens (tertiary/aromatic N) is 3. The van der Waals surface area contributed by atoms with Gasteiger partial charge in [0.15, 0.2) is 10.9 Å². The molecule has 70 valence electrons. The van der Waals surface area contributed by atoms with Crippen LogP contribution in [-0.2, 0) is 0 Å². The Hall–Kier alpha value is -1.03. The number of fused-ring (bicyclic) bond motifs is 1. The Morgan fingerprint density at radius 1 is 1.69 bits per heavy atom. The second-order valence-electron chi connectivity index (χ2n) is 2.78. The Morgan fingerprint density at radius 3 is 3.31 bits per heavy atom. The van der Waals surface area contributed by atoms with Crippen LogP contribution in [0, 0.1) is 0 Å². The topological polar surface area (TPSA) is 38.2 Å². The SMILES string of the molecule is CCN1CCOc2c1cnnc2Cl. The highest BCUT2D eigenvalue weighted by atomic mass is 35.5. The first-order chi connectivity index (χ1) is 6.33. The molecule has 0 aromatic carbocycles. The van der Waals surface area contributed by atoms with E-state index < -0.39 is 0 Å². The molecular weight excluding hydrogens is 190 g/mol. The van der Waals surface area contributed by atoms with Crippen LogP contribution in [0.2, 0.25) is 5.15 Å². The molecule has 5 heteroatoms. The van der Waals surface area contributed by atoms with Crippen LogP contribution in [0.25, 0.3) is 0 Å². The van der Waals surface area contributed by atoms with Gasteiger partial charge in [0, 0.05) is 6.54 Å². The van der Waals surface area contributed by atoms with E-state index in [1.807, 2.05) is 0 Å². The first-order valence-electron chi connectivity index (χ1n) is 4.22. The summed E-state index contributed by atoms with van der Waals surface area (Å²) in [5, 5.41) is 7.86. The maximum atomic E-state index is 5.84. The van der Waals surface area contributed by atoms with E-state index in [1.165, 1.54) is 0 Å². The minimum atomic E-state index is 0.343. The maximum absolute atomic E-state index is 5.84. The van der Waals surface area contributed by atoms with Crippen LogP contribution >= 0.6 is 11.6 Å². The second-order valence-corrected chi connectivity index (χ2v) is 3.14. The fraction of sp³-hybridized carbons (Fsp3) is 0.500. The lowest BCUT2D eigenvalue weighted by atomic mass is 10.3. The van der Waals surface area contributed by atoms with E-state index in [0.29, 0.717) is 17.5 Å². The predicted molar refractivity (Wildman–Crippen MR) is 50.4 cm³/mol. The summed E-state index contributed by atoms with van der Waals surface area (Å²) in [7, 11) is 0. The number of anilines is 1. The molecule has 2 heterocycles. The van der Waals surface area contributed by atoms with Crippen molar-refractivity contribution >= 4 is 17.3 Å². The number of ether oxygens (including phenoxy) is 1. The van der Waals surface area contributed by atoms with Crippen LogP contribution in [-0.4, -0.2) is 29.9 Å². The summed E-state index contributed by atoms with van der Waals surface area (Å²) in [4.78, 5) is 2.17. The molecule has 1 aromatic heterocycles. The zero-order chi connectivity index (χ0) is 9.26. The van der Waals surface area contributed by atoms with Gasteiger partial charge in [-0.2, -0.15) is 5.10 Å². The summed E-state index contributed by atoms with van der Waals surface area (Å²) in [6, 6.07) is 0. The van der Waals surface area contributed by atoms with Gasteiger partial charge in [-0.05, 0) is 6.92 Å². The molecule has 0 spiro atoms. The maximum Gasteiger partial charge on any atom is 0.195 e. The molecule has 0 fully saturated rings. The summed E-state index contributed by atoms with van der Waals surface area (Å²) in [6.07, 6.45) is 1.68. The molecule has 0 amide bonds. The zero-order valence-corrected chi connectivity index (χ0v) is 8.08. The summed E-state index contributed by atoms with van der Waals surface area (Å²) < 4.78 is 5.41. The smallest absolute Gasteiger partial charge is 0.195 e. The lowest BCUT2D eigenvalue weighted by molar-refractivity contribution is 0.306. The number of likely N-dealkylation sites (N-methyl/N-ethyl adjacent to an activating group) is 1. The molecule has 0 N–H and O–H groups in total. The van der Waals surface area contributed by atoms with E-state index in [2.05, 4.69) is 22.0 Å². The Morgan fingerprint density at radius 2 is 2.54 bits per heavy atom. The van der Waals surface area contributed by atoms with Crippen molar-refractivity contribution in [1.82, 2.24) is 10.2 Å². The molecule has 13 heavy (non-hydrogen) atoms. The number of hydrogen-bond acceptors (Lipinski definition) is 4. The largest absolute Gasteiger partial charge is 0.486 e. The third kappa shape index (κ3) is 1.42. The van der Waals surface area contributed by atoms with Gasteiger partial charge in [-0.15, -0.1) is 5.10 Å². The van der Waals surface area contributed by atoms with E-state index in [-0.39, 0.29) is 0 Å². The molecule has 0 aliphatic carbocycles. The van der Waals surface area contributed by atoms with Crippen molar-refractivity contribution in [3.8, 4) is 5.75 Å². The highest BCUT2D eigenvalue weighted by Gasteiger charge is 2.20. The quantitative estimate of drug-likeness (QED) is 0.685. The second kappa shape index (κ2) is 3.38. The molecule has 1 aliphatic rings. The number of halogens is 1. The lowest BCUT2D eigenvalue weighted by Gasteiger charge is -2.29. The van der Waals surface area contributed by atoms with Gasteiger partial charge >= 0.3 is 0 Å². The molecule has 0 radical (unpaired) electrons. The summed E-state index contributed by atoms with van der Waals surface area (Å²) >= 11 is 5.84. The molecule has 0 saturated carbocycles. The van der Waals surface area contributed by atoms with Crippen LogP contribution in [0.15, 0.2) is 6.20 Å². The fourth-order valence-corrected chi connectivity index (χ4v) is 1.60. The van der Waals surface area contributed by atoms with Gasteiger partial charge in [-0.1, -0.05) is 11.6 Å². The minimum Gasteiger partial charge on any atom is -0.486 e. The molecule has 0 saturated heterocycles. The number of rotatable bonds is 1. The number of aromatic nitrogens is 2.